The average Bonchev–Trinajstić information content (AvgIpc) is 2.60. The number of carbonyl (C=O) groups is 1. The zero-order valence-corrected chi connectivity index (χ0v) is 16.1. The maximum atomic E-state index is 12.8. The Morgan fingerprint density at radius 1 is 1.26 bits per heavy atom. The number of hydrogen-bond donors (Lipinski definition) is 1. The summed E-state index contributed by atoms with van der Waals surface area (Å²) in [6.07, 6.45) is -3.53. The molecule has 1 fully saturated rings. The maximum Gasteiger partial charge on any atom is 0.393 e. The minimum atomic E-state index is -4.20. The largest absolute Gasteiger partial charge is 0.393 e. The van der Waals surface area contributed by atoms with Gasteiger partial charge in [-0.1, -0.05) is 0 Å². The third kappa shape index (κ3) is 5.91. The van der Waals surface area contributed by atoms with Crippen LogP contribution in [0.4, 0.5) is 18.9 Å². The summed E-state index contributed by atoms with van der Waals surface area (Å²) in [5.74, 6) is -1.66. The molecule has 0 aromatic heterocycles. The molecule has 0 spiro atoms. The van der Waals surface area contributed by atoms with Crippen molar-refractivity contribution in [2.45, 2.75) is 30.3 Å². The molecule has 0 radical (unpaired) electrons. The van der Waals surface area contributed by atoms with Gasteiger partial charge in [-0.3, -0.25) is 4.79 Å². The number of anilines is 1. The molecule has 1 aromatic rings. The average molecular weight is 407 g/mol. The van der Waals surface area contributed by atoms with E-state index in [0.29, 0.717) is 18.7 Å². The lowest BCUT2D eigenvalue weighted by molar-refractivity contribution is -0.186. The molecule has 1 N–H and O–H groups in total. The molecular weight excluding hydrogens is 383 g/mol. The van der Waals surface area contributed by atoms with Crippen LogP contribution in [0.5, 0.6) is 0 Å². The molecule has 1 aliphatic heterocycles. The van der Waals surface area contributed by atoms with Crippen molar-refractivity contribution in [2.24, 2.45) is 5.92 Å². The van der Waals surface area contributed by atoms with E-state index in [1.807, 2.05) is 0 Å². The van der Waals surface area contributed by atoms with Gasteiger partial charge in [0.1, 0.15) is 0 Å². The lowest BCUT2D eigenvalue weighted by atomic mass is 9.97. The molecule has 1 atom stereocenters. The standard InChI is InChI=1S/C17H24F3N3O3S/c1-22(2)27(25,26)15-7-5-14(6-8-15)21-16(24)9-11-23-10-3-4-13(12-23)17(18,19)20/h5-8,13H,3-4,9-12H2,1-2H3,(H,21,24)/t13-/m0/s1. The quantitative estimate of drug-likeness (QED) is 0.787. The summed E-state index contributed by atoms with van der Waals surface area (Å²) in [5, 5.41) is 2.63. The molecule has 2 rings (SSSR count). The van der Waals surface area contributed by atoms with E-state index in [0.717, 1.165) is 4.31 Å². The molecule has 1 heterocycles. The van der Waals surface area contributed by atoms with Gasteiger partial charge in [-0.25, -0.2) is 12.7 Å². The second kappa shape index (κ2) is 8.57. The number of piperidine rings is 1. The molecular formula is C17H24F3N3O3S. The number of hydrogen-bond acceptors (Lipinski definition) is 4. The number of nitrogens with one attached hydrogen (secondary N) is 1. The van der Waals surface area contributed by atoms with Crippen molar-refractivity contribution in [3.63, 3.8) is 0 Å². The summed E-state index contributed by atoms with van der Waals surface area (Å²) >= 11 is 0. The molecule has 0 aliphatic carbocycles. The van der Waals surface area contributed by atoms with Gasteiger partial charge < -0.3 is 10.2 Å². The lowest BCUT2D eigenvalue weighted by Crippen LogP contribution is -2.42. The van der Waals surface area contributed by atoms with Crippen molar-refractivity contribution >= 4 is 21.6 Å². The Balaban J connectivity index is 1.86. The van der Waals surface area contributed by atoms with E-state index in [1.54, 1.807) is 4.90 Å². The molecule has 0 bridgehead atoms. The predicted octanol–water partition coefficient (Wildman–Crippen LogP) is 2.54. The molecule has 1 amide bonds. The number of sulfonamides is 1. The first-order chi connectivity index (χ1) is 12.5. The van der Waals surface area contributed by atoms with Crippen LogP contribution in [-0.2, 0) is 14.8 Å². The summed E-state index contributed by atoms with van der Waals surface area (Å²) in [4.78, 5) is 13.8. The highest BCUT2D eigenvalue weighted by atomic mass is 32.2. The highest BCUT2D eigenvalue weighted by Gasteiger charge is 2.41. The van der Waals surface area contributed by atoms with Gasteiger partial charge in [0.15, 0.2) is 0 Å². The van der Waals surface area contributed by atoms with Crippen LogP contribution in [0.3, 0.4) is 0 Å². The van der Waals surface area contributed by atoms with Gasteiger partial charge >= 0.3 is 6.18 Å². The first kappa shape index (κ1) is 21.6. The number of halogens is 3. The zero-order chi connectivity index (χ0) is 20.2. The molecule has 0 unspecified atom stereocenters. The van der Waals surface area contributed by atoms with Crippen LogP contribution in [0.25, 0.3) is 0 Å². The second-order valence-corrected chi connectivity index (χ2v) is 8.94. The lowest BCUT2D eigenvalue weighted by Gasteiger charge is -2.33. The van der Waals surface area contributed by atoms with E-state index in [4.69, 9.17) is 0 Å². The first-order valence-corrected chi connectivity index (χ1v) is 10.1. The van der Waals surface area contributed by atoms with Gasteiger partial charge in [-0.15, -0.1) is 0 Å². The molecule has 152 valence electrons. The van der Waals surface area contributed by atoms with Gasteiger partial charge in [0, 0.05) is 39.3 Å². The van der Waals surface area contributed by atoms with Crippen LogP contribution < -0.4 is 5.32 Å². The SMILES string of the molecule is CN(C)S(=O)(=O)c1ccc(NC(=O)CCN2CCC[C@H](C(F)(F)F)C2)cc1. The van der Waals surface area contributed by atoms with E-state index in [1.165, 1.54) is 38.4 Å². The fraction of sp³-hybridized carbons (Fsp3) is 0.588. The van der Waals surface area contributed by atoms with Crippen LogP contribution >= 0.6 is 0 Å². The Morgan fingerprint density at radius 3 is 2.44 bits per heavy atom. The van der Waals surface area contributed by atoms with Crippen LogP contribution in [0.1, 0.15) is 19.3 Å². The van der Waals surface area contributed by atoms with Crippen molar-refractivity contribution in [3.05, 3.63) is 24.3 Å². The minimum absolute atomic E-state index is 0.0718. The first-order valence-electron chi connectivity index (χ1n) is 8.61. The van der Waals surface area contributed by atoms with Crippen molar-refractivity contribution < 1.29 is 26.4 Å². The predicted molar refractivity (Wildman–Crippen MR) is 95.8 cm³/mol. The molecule has 1 aliphatic rings. The van der Waals surface area contributed by atoms with Crippen LogP contribution in [0.2, 0.25) is 0 Å². The highest BCUT2D eigenvalue weighted by Crippen LogP contribution is 2.33. The number of carbonyl (C=O) groups excluding carboxylic acids is 1. The Bertz CT molecular complexity index is 749. The van der Waals surface area contributed by atoms with E-state index >= 15 is 0 Å². The fourth-order valence-electron chi connectivity index (χ4n) is 2.93. The third-order valence-corrected chi connectivity index (χ3v) is 6.37. The topological polar surface area (TPSA) is 69.7 Å². The summed E-state index contributed by atoms with van der Waals surface area (Å²) in [6.45, 7) is 0.732. The zero-order valence-electron chi connectivity index (χ0n) is 15.3. The minimum Gasteiger partial charge on any atom is -0.326 e. The van der Waals surface area contributed by atoms with Crippen molar-refractivity contribution in [1.29, 1.82) is 0 Å². The summed E-state index contributed by atoms with van der Waals surface area (Å²) in [7, 11) is -0.691. The monoisotopic (exact) mass is 407 g/mol. The molecule has 1 saturated heterocycles. The second-order valence-electron chi connectivity index (χ2n) is 6.79. The smallest absolute Gasteiger partial charge is 0.326 e. The number of amides is 1. The van der Waals surface area contributed by atoms with Crippen molar-refractivity contribution in [2.75, 3.05) is 39.0 Å². The molecule has 1 aromatic carbocycles. The van der Waals surface area contributed by atoms with Crippen LogP contribution in [-0.4, -0.2) is 63.4 Å². The number of nitrogens with zero attached hydrogens (tertiary/aromatic N) is 2. The van der Waals surface area contributed by atoms with E-state index < -0.39 is 22.1 Å². The van der Waals surface area contributed by atoms with Gasteiger partial charge in [0.05, 0.1) is 10.8 Å². The Kier molecular flexibility index (Phi) is 6.87. The number of rotatable bonds is 6. The fourth-order valence-corrected chi connectivity index (χ4v) is 3.83. The summed E-state index contributed by atoms with van der Waals surface area (Å²) in [6, 6.07) is 5.75. The van der Waals surface area contributed by atoms with E-state index in [9.17, 15) is 26.4 Å². The Labute approximate surface area is 157 Å². The Hall–Kier alpha value is -1.65. The van der Waals surface area contributed by atoms with Gasteiger partial charge in [0.2, 0.25) is 15.9 Å². The van der Waals surface area contributed by atoms with Crippen molar-refractivity contribution in [1.82, 2.24) is 9.21 Å². The normalized spacial score (nSPS) is 19.3. The summed E-state index contributed by atoms with van der Waals surface area (Å²) in [5.41, 5.74) is 0.435. The van der Waals surface area contributed by atoms with Gasteiger partial charge in [0.25, 0.3) is 0 Å². The van der Waals surface area contributed by atoms with Gasteiger partial charge in [-0.05, 0) is 43.7 Å². The van der Waals surface area contributed by atoms with Crippen LogP contribution in [0.15, 0.2) is 29.2 Å². The number of alkyl halides is 3. The van der Waals surface area contributed by atoms with Crippen molar-refractivity contribution in [3.8, 4) is 0 Å². The number of likely N-dealkylation sites (tertiary alicyclic amines) is 1. The summed E-state index contributed by atoms with van der Waals surface area (Å²) < 4.78 is 63.5. The Morgan fingerprint density at radius 2 is 1.89 bits per heavy atom. The maximum absolute atomic E-state index is 12.8. The van der Waals surface area contributed by atoms with E-state index in [2.05, 4.69) is 5.32 Å². The van der Waals surface area contributed by atoms with E-state index in [-0.39, 0.29) is 36.7 Å². The highest BCUT2D eigenvalue weighted by molar-refractivity contribution is 7.89. The molecule has 10 heteroatoms. The molecule has 6 nitrogen and oxygen atoms in total. The number of benzene rings is 1. The third-order valence-electron chi connectivity index (χ3n) is 4.54. The molecule has 0 saturated carbocycles. The van der Waals surface area contributed by atoms with Crippen LogP contribution in [0, 0.1) is 5.92 Å². The molecule has 27 heavy (non-hydrogen) atoms. The van der Waals surface area contributed by atoms with Gasteiger partial charge in [-0.2, -0.15) is 13.2 Å².